The molecule has 0 aliphatic rings. The Morgan fingerprint density at radius 2 is 2.13 bits per heavy atom. The summed E-state index contributed by atoms with van der Waals surface area (Å²) in [6, 6.07) is 8.25. The van der Waals surface area contributed by atoms with Crippen LogP contribution in [0.15, 0.2) is 28.7 Å². The molecule has 15 heavy (non-hydrogen) atoms. The van der Waals surface area contributed by atoms with Gasteiger partial charge in [0.15, 0.2) is 0 Å². The Morgan fingerprint density at radius 3 is 2.73 bits per heavy atom. The van der Waals surface area contributed by atoms with E-state index in [1.54, 1.807) is 0 Å². The van der Waals surface area contributed by atoms with Crippen molar-refractivity contribution in [3.63, 3.8) is 0 Å². The second kappa shape index (κ2) is 7.02. The van der Waals surface area contributed by atoms with E-state index in [1.807, 2.05) is 12.1 Å². The van der Waals surface area contributed by atoms with Gasteiger partial charge in [0.05, 0.1) is 0 Å². The topological polar surface area (TPSA) is 20.2 Å². The predicted octanol–water partition coefficient (Wildman–Crippen LogP) is 4.11. The lowest BCUT2D eigenvalue weighted by atomic mass is 9.94. The minimum absolute atomic E-state index is 0.250. The summed E-state index contributed by atoms with van der Waals surface area (Å²) < 4.78 is 1.09. The number of unbranched alkanes of at least 4 members (excludes halogenated alkanes) is 2. The van der Waals surface area contributed by atoms with Gasteiger partial charge in [0.2, 0.25) is 0 Å². The standard InChI is InChI=1S/C13H19BrO/c1-2-3-4-6-12(10-15)11-7-5-8-13(14)9-11/h5,7-9,12,15H,2-4,6,10H2,1H3. The van der Waals surface area contributed by atoms with Crippen molar-refractivity contribution in [2.45, 2.75) is 38.5 Å². The molecule has 1 atom stereocenters. The second-order valence-corrected chi connectivity index (χ2v) is 4.85. The summed E-state index contributed by atoms with van der Waals surface area (Å²) in [6.45, 7) is 2.45. The number of hydrogen-bond acceptors (Lipinski definition) is 1. The van der Waals surface area contributed by atoms with Crippen molar-refractivity contribution < 1.29 is 5.11 Å². The summed E-state index contributed by atoms with van der Waals surface area (Å²) in [5, 5.41) is 9.35. The van der Waals surface area contributed by atoms with E-state index in [1.165, 1.54) is 24.8 Å². The molecule has 0 saturated heterocycles. The van der Waals surface area contributed by atoms with Gasteiger partial charge in [-0.25, -0.2) is 0 Å². The predicted molar refractivity (Wildman–Crippen MR) is 68.1 cm³/mol. The molecule has 1 unspecified atom stereocenters. The highest BCUT2D eigenvalue weighted by molar-refractivity contribution is 9.10. The molecule has 0 radical (unpaired) electrons. The Kier molecular flexibility index (Phi) is 5.96. The highest BCUT2D eigenvalue weighted by Gasteiger charge is 2.09. The molecule has 0 bridgehead atoms. The van der Waals surface area contributed by atoms with Crippen molar-refractivity contribution in [1.82, 2.24) is 0 Å². The molecule has 0 heterocycles. The molecule has 0 aliphatic heterocycles. The van der Waals surface area contributed by atoms with E-state index in [9.17, 15) is 5.11 Å². The van der Waals surface area contributed by atoms with Crippen molar-refractivity contribution in [3.05, 3.63) is 34.3 Å². The number of halogens is 1. The molecule has 1 rings (SSSR count). The first kappa shape index (κ1) is 12.7. The summed E-state index contributed by atoms with van der Waals surface area (Å²) in [5.74, 6) is 0.300. The van der Waals surface area contributed by atoms with E-state index < -0.39 is 0 Å². The Hall–Kier alpha value is -0.340. The molecule has 0 aromatic heterocycles. The molecule has 84 valence electrons. The lowest BCUT2D eigenvalue weighted by Crippen LogP contribution is -2.04. The first-order chi connectivity index (χ1) is 7.27. The molecule has 0 spiro atoms. The van der Waals surface area contributed by atoms with Gasteiger partial charge in [0, 0.05) is 17.0 Å². The summed E-state index contributed by atoms with van der Waals surface area (Å²) in [7, 11) is 0. The van der Waals surface area contributed by atoms with Crippen LogP contribution in [0.4, 0.5) is 0 Å². The van der Waals surface area contributed by atoms with Crippen LogP contribution in [-0.4, -0.2) is 11.7 Å². The van der Waals surface area contributed by atoms with Gasteiger partial charge < -0.3 is 5.11 Å². The average molecular weight is 271 g/mol. The molecular formula is C13H19BrO. The molecule has 0 amide bonds. The van der Waals surface area contributed by atoms with Crippen molar-refractivity contribution in [1.29, 1.82) is 0 Å². The molecule has 0 aliphatic carbocycles. The third kappa shape index (κ3) is 4.35. The van der Waals surface area contributed by atoms with Crippen LogP contribution in [0.1, 0.15) is 44.1 Å². The van der Waals surface area contributed by atoms with Crippen LogP contribution in [0.3, 0.4) is 0 Å². The Morgan fingerprint density at radius 1 is 1.33 bits per heavy atom. The quantitative estimate of drug-likeness (QED) is 0.772. The van der Waals surface area contributed by atoms with Crippen molar-refractivity contribution in [2.24, 2.45) is 0 Å². The van der Waals surface area contributed by atoms with Crippen LogP contribution in [-0.2, 0) is 0 Å². The molecule has 0 saturated carbocycles. The molecule has 1 nitrogen and oxygen atoms in total. The minimum Gasteiger partial charge on any atom is -0.396 e. The van der Waals surface area contributed by atoms with Gasteiger partial charge in [-0.15, -0.1) is 0 Å². The zero-order valence-corrected chi connectivity index (χ0v) is 10.8. The number of aliphatic hydroxyl groups excluding tert-OH is 1. The molecule has 1 aromatic carbocycles. The zero-order valence-electron chi connectivity index (χ0n) is 9.25. The summed E-state index contributed by atoms with van der Waals surface area (Å²) in [5.41, 5.74) is 1.24. The summed E-state index contributed by atoms with van der Waals surface area (Å²) in [6.07, 6.45) is 4.77. The van der Waals surface area contributed by atoms with Crippen LogP contribution in [0.25, 0.3) is 0 Å². The highest BCUT2D eigenvalue weighted by Crippen LogP contribution is 2.24. The Balaban J connectivity index is 2.57. The van der Waals surface area contributed by atoms with Crippen molar-refractivity contribution in [3.8, 4) is 0 Å². The number of benzene rings is 1. The number of aliphatic hydroxyl groups is 1. The summed E-state index contributed by atoms with van der Waals surface area (Å²) in [4.78, 5) is 0. The largest absolute Gasteiger partial charge is 0.396 e. The van der Waals surface area contributed by atoms with E-state index in [4.69, 9.17) is 0 Å². The fraction of sp³-hybridized carbons (Fsp3) is 0.538. The van der Waals surface area contributed by atoms with E-state index in [0.29, 0.717) is 5.92 Å². The van der Waals surface area contributed by atoms with Gasteiger partial charge in [-0.3, -0.25) is 0 Å². The lowest BCUT2D eigenvalue weighted by molar-refractivity contribution is 0.256. The third-order valence-electron chi connectivity index (χ3n) is 2.70. The SMILES string of the molecule is CCCCCC(CO)c1cccc(Br)c1. The van der Waals surface area contributed by atoms with Gasteiger partial charge in [-0.05, 0) is 24.1 Å². The van der Waals surface area contributed by atoms with E-state index in [-0.39, 0.29) is 6.61 Å². The average Bonchev–Trinajstić information content (AvgIpc) is 2.24. The zero-order chi connectivity index (χ0) is 11.1. The van der Waals surface area contributed by atoms with Crippen LogP contribution in [0.2, 0.25) is 0 Å². The summed E-state index contributed by atoms with van der Waals surface area (Å²) >= 11 is 3.46. The first-order valence-corrected chi connectivity index (χ1v) is 6.43. The maximum absolute atomic E-state index is 9.35. The van der Waals surface area contributed by atoms with Crippen molar-refractivity contribution in [2.75, 3.05) is 6.61 Å². The van der Waals surface area contributed by atoms with Gasteiger partial charge in [-0.1, -0.05) is 54.2 Å². The number of rotatable bonds is 6. The Bertz CT molecular complexity index is 286. The lowest BCUT2D eigenvalue weighted by Gasteiger charge is -2.14. The van der Waals surface area contributed by atoms with E-state index in [2.05, 4.69) is 35.0 Å². The fourth-order valence-corrected chi connectivity index (χ4v) is 2.18. The van der Waals surface area contributed by atoms with Gasteiger partial charge in [-0.2, -0.15) is 0 Å². The maximum atomic E-state index is 9.35. The van der Waals surface area contributed by atoms with Crippen molar-refractivity contribution >= 4 is 15.9 Å². The monoisotopic (exact) mass is 270 g/mol. The van der Waals surface area contributed by atoms with Gasteiger partial charge >= 0.3 is 0 Å². The molecule has 0 fully saturated rings. The van der Waals surface area contributed by atoms with E-state index >= 15 is 0 Å². The molecule has 2 heteroatoms. The van der Waals surface area contributed by atoms with Crippen LogP contribution < -0.4 is 0 Å². The highest BCUT2D eigenvalue weighted by atomic mass is 79.9. The van der Waals surface area contributed by atoms with Crippen LogP contribution in [0, 0.1) is 0 Å². The number of hydrogen-bond donors (Lipinski definition) is 1. The molecular weight excluding hydrogens is 252 g/mol. The first-order valence-electron chi connectivity index (χ1n) is 5.64. The maximum Gasteiger partial charge on any atom is 0.0499 e. The smallest absolute Gasteiger partial charge is 0.0499 e. The minimum atomic E-state index is 0.250. The Labute approximate surface area is 101 Å². The van der Waals surface area contributed by atoms with Gasteiger partial charge in [0.25, 0.3) is 0 Å². The van der Waals surface area contributed by atoms with Crippen LogP contribution in [0.5, 0.6) is 0 Å². The van der Waals surface area contributed by atoms with Crippen LogP contribution >= 0.6 is 15.9 Å². The van der Waals surface area contributed by atoms with Gasteiger partial charge in [0.1, 0.15) is 0 Å². The van der Waals surface area contributed by atoms with E-state index in [0.717, 1.165) is 10.9 Å². The molecule has 1 N–H and O–H groups in total. The molecule has 1 aromatic rings. The normalized spacial score (nSPS) is 12.7. The third-order valence-corrected chi connectivity index (χ3v) is 3.19. The fourth-order valence-electron chi connectivity index (χ4n) is 1.76. The second-order valence-electron chi connectivity index (χ2n) is 3.93.